The minimum atomic E-state index is -3.52. The molecule has 7 heteroatoms. The second-order valence-electron chi connectivity index (χ2n) is 6.71. The molecule has 2 aliphatic rings. The van der Waals surface area contributed by atoms with Crippen LogP contribution in [0.25, 0.3) is 0 Å². The first kappa shape index (κ1) is 16.9. The van der Waals surface area contributed by atoms with E-state index in [-0.39, 0.29) is 10.3 Å². The summed E-state index contributed by atoms with van der Waals surface area (Å²) in [7, 11) is 0.506. The van der Waals surface area contributed by atoms with E-state index in [1.165, 1.54) is 0 Å². The molecule has 128 valence electrons. The summed E-state index contributed by atoms with van der Waals surface area (Å²) >= 11 is 0. The average molecular weight is 340 g/mol. The Morgan fingerprint density at radius 2 is 1.96 bits per heavy atom. The minimum Gasteiger partial charge on any atom is -0.346 e. The highest BCUT2D eigenvalue weighted by atomic mass is 32.2. The molecule has 23 heavy (non-hydrogen) atoms. The quantitative estimate of drug-likeness (QED) is 0.812. The maximum absolute atomic E-state index is 12.6. The van der Waals surface area contributed by atoms with E-state index in [1.54, 1.807) is 18.2 Å². The van der Waals surface area contributed by atoms with Crippen molar-refractivity contribution < 1.29 is 17.9 Å². The van der Waals surface area contributed by atoms with Gasteiger partial charge in [0.15, 0.2) is 6.29 Å². The summed E-state index contributed by atoms with van der Waals surface area (Å²) in [6.45, 7) is 2.45. The number of rotatable bonds is 7. The Morgan fingerprint density at radius 1 is 1.26 bits per heavy atom. The number of nitrogens with one attached hydrogen (secondary N) is 1. The lowest BCUT2D eigenvalue weighted by molar-refractivity contribution is -0.0442. The highest BCUT2D eigenvalue weighted by Gasteiger charge is 2.43. The lowest BCUT2D eigenvalue weighted by atomic mass is 10.1. The fourth-order valence-corrected chi connectivity index (χ4v) is 4.16. The van der Waals surface area contributed by atoms with Crippen LogP contribution in [0.5, 0.6) is 0 Å². The van der Waals surface area contributed by atoms with Crippen LogP contribution in [0, 0.1) is 5.41 Å². The van der Waals surface area contributed by atoms with E-state index in [0.717, 1.165) is 24.9 Å². The summed E-state index contributed by atoms with van der Waals surface area (Å²) in [6.07, 6.45) is 1.67. The number of hydrogen-bond donors (Lipinski definition) is 1. The van der Waals surface area contributed by atoms with Crippen LogP contribution >= 0.6 is 0 Å². The van der Waals surface area contributed by atoms with Crippen LogP contribution in [-0.4, -0.2) is 53.7 Å². The average Bonchev–Trinajstić information content (AvgIpc) is 3.05. The van der Waals surface area contributed by atoms with Crippen LogP contribution in [-0.2, 0) is 19.5 Å². The molecule has 1 aliphatic carbocycles. The number of hydrogen-bond acceptors (Lipinski definition) is 5. The van der Waals surface area contributed by atoms with Crippen molar-refractivity contribution in [3.05, 3.63) is 29.8 Å². The lowest BCUT2D eigenvalue weighted by Crippen LogP contribution is -2.35. The molecule has 0 aromatic heterocycles. The van der Waals surface area contributed by atoms with Crippen LogP contribution in [0.4, 0.5) is 0 Å². The summed E-state index contributed by atoms with van der Waals surface area (Å²) in [5.74, 6) is 0. The Balaban J connectivity index is 1.68. The van der Waals surface area contributed by atoms with Gasteiger partial charge in [-0.1, -0.05) is 12.1 Å². The van der Waals surface area contributed by atoms with Gasteiger partial charge in [-0.3, -0.25) is 0 Å². The monoisotopic (exact) mass is 340 g/mol. The molecule has 0 amide bonds. The normalized spacial score (nSPS) is 21.0. The zero-order valence-electron chi connectivity index (χ0n) is 13.6. The summed E-state index contributed by atoms with van der Waals surface area (Å²) in [4.78, 5) is 2.37. The first-order valence-electron chi connectivity index (χ1n) is 7.88. The number of nitrogens with zero attached hydrogens (tertiary/aromatic N) is 1. The van der Waals surface area contributed by atoms with Gasteiger partial charge in [-0.2, -0.15) is 0 Å². The van der Waals surface area contributed by atoms with Crippen LogP contribution in [0.1, 0.15) is 24.7 Å². The van der Waals surface area contributed by atoms with Crippen molar-refractivity contribution in [3.8, 4) is 0 Å². The van der Waals surface area contributed by atoms with Crippen LogP contribution in [0.3, 0.4) is 0 Å². The van der Waals surface area contributed by atoms with E-state index in [9.17, 15) is 8.42 Å². The third-order valence-electron chi connectivity index (χ3n) is 4.31. The number of benzene rings is 1. The molecule has 1 N–H and O–H groups in total. The van der Waals surface area contributed by atoms with Crippen LogP contribution < -0.4 is 4.72 Å². The van der Waals surface area contributed by atoms with E-state index in [4.69, 9.17) is 9.47 Å². The molecule has 0 bridgehead atoms. The molecular formula is C16H24N2O4S. The summed E-state index contributed by atoms with van der Waals surface area (Å²) in [6, 6.07) is 6.78. The topological polar surface area (TPSA) is 67.9 Å². The van der Waals surface area contributed by atoms with E-state index in [1.807, 2.05) is 20.2 Å². The highest BCUT2D eigenvalue weighted by molar-refractivity contribution is 7.89. The van der Waals surface area contributed by atoms with Crippen LogP contribution in [0.2, 0.25) is 0 Å². The van der Waals surface area contributed by atoms with Gasteiger partial charge in [0, 0.05) is 18.7 Å². The molecule has 1 aromatic rings. The first-order chi connectivity index (χ1) is 10.9. The molecule has 2 fully saturated rings. The van der Waals surface area contributed by atoms with Gasteiger partial charge in [0.05, 0.1) is 18.1 Å². The molecule has 0 spiro atoms. The van der Waals surface area contributed by atoms with Gasteiger partial charge in [0.25, 0.3) is 0 Å². The van der Waals surface area contributed by atoms with E-state index in [0.29, 0.717) is 19.8 Å². The SMILES string of the molecule is CN(C)CC1(CNS(=O)(=O)c2cccc(C3OCCO3)c2)CC1. The van der Waals surface area contributed by atoms with Gasteiger partial charge >= 0.3 is 0 Å². The zero-order valence-corrected chi connectivity index (χ0v) is 14.4. The van der Waals surface area contributed by atoms with Crippen LogP contribution in [0.15, 0.2) is 29.2 Å². The maximum Gasteiger partial charge on any atom is 0.240 e. The molecule has 1 aromatic carbocycles. The largest absolute Gasteiger partial charge is 0.346 e. The predicted octanol–water partition coefficient (Wildman–Crippen LogP) is 1.35. The number of ether oxygens (including phenoxy) is 2. The minimum absolute atomic E-state index is 0.0891. The molecule has 1 heterocycles. The Kier molecular flexibility index (Phi) is 4.75. The van der Waals surface area contributed by atoms with E-state index >= 15 is 0 Å². The standard InChI is InChI=1S/C16H24N2O4S/c1-18(2)12-16(6-7-16)11-17-23(19,20)14-5-3-4-13(10-14)15-21-8-9-22-15/h3-5,10,15,17H,6-9,11-12H2,1-2H3. The van der Waals surface area contributed by atoms with E-state index in [2.05, 4.69) is 9.62 Å². The lowest BCUT2D eigenvalue weighted by Gasteiger charge is -2.20. The van der Waals surface area contributed by atoms with Gasteiger partial charge in [-0.05, 0) is 44.5 Å². The van der Waals surface area contributed by atoms with Crippen molar-refractivity contribution in [3.63, 3.8) is 0 Å². The summed E-state index contributed by atoms with van der Waals surface area (Å²) < 4.78 is 38.7. The fraction of sp³-hybridized carbons (Fsp3) is 0.625. The van der Waals surface area contributed by atoms with Crippen molar-refractivity contribution in [2.24, 2.45) is 5.41 Å². The molecule has 1 aliphatic heterocycles. The van der Waals surface area contributed by atoms with Gasteiger partial charge in [0.2, 0.25) is 10.0 Å². The number of sulfonamides is 1. The molecule has 3 rings (SSSR count). The van der Waals surface area contributed by atoms with Gasteiger partial charge in [-0.15, -0.1) is 0 Å². The predicted molar refractivity (Wildman–Crippen MR) is 86.5 cm³/mol. The molecular weight excluding hydrogens is 316 g/mol. The van der Waals surface area contributed by atoms with Crippen molar-refractivity contribution in [2.45, 2.75) is 24.0 Å². The smallest absolute Gasteiger partial charge is 0.240 e. The van der Waals surface area contributed by atoms with Crippen molar-refractivity contribution >= 4 is 10.0 Å². The molecule has 0 radical (unpaired) electrons. The molecule has 1 saturated heterocycles. The molecule has 0 atom stereocenters. The maximum atomic E-state index is 12.6. The third-order valence-corrected chi connectivity index (χ3v) is 5.71. The fourth-order valence-electron chi connectivity index (χ4n) is 2.95. The Hall–Kier alpha value is -0.990. The van der Waals surface area contributed by atoms with Gasteiger partial charge in [0.1, 0.15) is 0 Å². The van der Waals surface area contributed by atoms with Gasteiger partial charge in [-0.25, -0.2) is 13.1 Å². The molecule has 6 nitrogen and oxygen atoms in total. The van der Waals surface area contributed by atoms with E-state index < -0.39 is 16.3 Å². The molecule has 0 unspecified atom stereocenters. The van der Waals surface area contributed by atoms with Crippen molar-refractivity contribution in [1.82, 2.24) is 9.62 Å². The Labute approximate surface area is 137 Å². The molecule has 1 saturated carbocycles. The Morgan fingerprint density at radius 3 is 2.57 bits per heavy atom. The van der Waals surface area contributed by atoms with Gasteiger partial charge < -0.3 is 14.4 Å². The first-order valence-corrected chi connectivity index (χ1v) is 9.36. The second-order valence-corrected chi connectivity index (χ2v) is 8.48. The Bertz CT molecular complexity index is 650. The third kappa shape index (κ3) is 4.10. The van der Waals surface area contributed by atoms with Crippen molar-refractivity contribution in [2.75, 3.05) is 40.4 Å². The summed E-state index contributed by atoms with van der Waals surface area (Å²) in [5, 5.41) is 0. The zero-order chi connectivity index (χ0) is 16.5. The second kappa shape index (κ2) is 6.49. The summed E-state index contributed by atoms with van der Waals surface area (Å²) in [5.41, 5.74) is 0.825. The van der Waals surface area contributed by atoms with Crippen molar-refractivity contribution in [1.29, 1.82) is 0 Å². The highest BCUT2D eigenvalue weighted by Crippen LogP contribution is 2.45.